The number of hydrogen-bond acceptors (Lipinski definition) is 4. The molecule has 3 rings (SSSR count). The first-order valence-corrected chi connectivity index (χ1v) is 8.01. The van der Waals surface area contributed by atoms with Crippen LogP contribution >= 0.6 is 11.6 Å². The number of nitrogens with zero attached hydrogens (tertiary/aromatic N) is 1. The lowest BCUT2D eigenvalue weighted by atomic mass is 9.99. The van der Waals surface area contributed by atoms with Gasteiger partial charge in [-0.2, -0.15) is 0 Å². The number of rotatable bonds is 4. The minimum Gasteiger partial charge on any atom is -0.493 e. The van der Waals surface area contributed by atoms with Crippen LogP contribution in [0.15, 0.2) is 12.1 Å². The molecule has 21 heavy (non-hydrogen) atoms. The van der Waals surface area contributed by atoms with E-state index < -0.39 is 6.10 Å². The molecule has 0 bridgehead atoms. The van der Waals surface area contributed by atoms with Gasteiger partial charge in [0.25, 0.3) is 0 Å². The SMILES string of the molecule is CCN1CCOC(C(O)Cc2cc(Cl)cc3c2OCC3)C1. The Hall–Kier alpha value is -0.810. The van der Waals surface area contributed by atoms with Gasteiger partial charge in [0.1, 0.15) is 5.75 Å². The van der Waals surface area contributed by atoms with Gasteiger partial charge in [0, 0.05) is 31.0 Å². The molecular formula is C16H22ClNO3. The summed E-state index contributed by atoms with van der Waals surface area (Å²) in [6.45, 7) is 6.22. The van der Waals surface area contributed by atoms with E-state index in [0.717, 1.165) is 42.9 Å². The molecule has 1 aromatic rings. The van der Waals surface area contributed by atoms with Crippen molar-refractivity contribution in [2.45, 2.75) is 32.0 Å². The average molecular weight is 312 g/mol. The third-order valence-corrected chi connectivity index (χ3v) is 4.53. The van der Waals surface area contributed by atoms with Gasteiger partial charge in [-0.3, -0.25) is 4.90 Å². The summed E-state index contributed by atoms with van der Waals surface area (Å²) in [5.41, 5.74) is 2.13. The molecule has 1 aromatic carbocycles. The summed E-state index contributed by atoms with van der Waals surface area (Å²) in [6.07, 6.45) is 0.731. The van der Waals surface area contributed by atoms with Crippen molar-refractivity contribution in [3.05, 3.63) is 28.3 Å². The Labute approximate surface area is 130 Å². The number of benzene rings is 1. The van der Waals surface area contributed by atoms with E-state index in [4.69, 9.17) is 21.1 Å². The van der Waals surface area contributed by atoms with Gasteiger partial charge in [-0.25, -0.2) is 0 Å². The van der Waals surface area contributed by atoms with Gasteiger partial charge in [0.2, 0.25) is 0 Å². The summed E-state index contributed by atoms with van der Waals surface area (Å²) >= 11 is 6.17. The van der Waals surface area contributed by atoms with Crippen LogP contribution in [0.5, 0.6) is 5.75 Å². The van der Waals surface area contributed by atoms with Gasteiger partial charge >= 0.3 is 0 Å². The minimum atomic E-state index is -0.536. The second-order valence-electron chi connectivity index (χ2n) is 5.73. The lowest BCUT2D eigenvalue weighted by Gasteiger charge is -2.34. The van der Waals surface area contributed by atoms with Crippen LogP contribution in [-0.2, 0) is 17.6 Å². The van der Waals surface area contributed by atoms with Gasteiger partial charge in [-0.1, -0.05) is 18.5 Å². The maximum absolute atomic E-state index is 10.5. The summed E-state index contributed by atoms with van der Waals surface area (Å²) < 4.78 is 11.4. The molecule has 2 unspecified atom stereocenters. The number of hydrogen-bond donors (Lipinski definition) is 1. The smallest absolute Gasteiger partial charge is 0.126 e. The number of ether oxygens (including phenoxy) is 2. The van der Waals surface area contributed by atoms with E-state index in [1.807, 2.05) is 12.1 Å². The molecule has 2 heterocycles. The molecule has 0 aromatic heterocycles. The molecule has 1 saturated heterocycles. The Balaban J connectivity index is 1.71. The monoisotopic (exact) mass is 311 g/mol. The van der Waals surface area contributed by atoms with Gasteiger partial charge in [-0.05, 0) is 29.8 Å². The van der Waals surface area contributed by atoms with Crippen molar-refractivity contribution in [3.63, 3.8) is 0 Å². The van der Waals surface area contributed by atoms with Crippen LogP contribution in [0.2, 0.25) is 5.02 Å². The number of aliphatic hydroxyl groups is 1. The number of aliphatic hydroxyl groups excluding tert-OH is 1. The highest BCUT2D eigenvalue weighted by Gasteiger charge is 2.28. The third kappa shape index (κ3) is 3.34. The first kappa shape index (κ1) is 15.1. The second kappa shape index (κ2) is 6.53. The maximum Gasteiger partial charge on any atom is 0.126 e. The summed E-state index contributed by atoms with van der Waals surface area (Å²) in [5.74, 6) is 0.904. The van der Waals surface area contributed by atoms with Crippen molar-refractivity contribution in [3.8, 4) is 5.75 Å². The topological polar surface area (TPSA) is 41.9 Å². The predicted octanol–water partition coefficient (Wildman–Crippen LogP) is 1.90. The highest BCUT2D eigenvalue weighted by molar-refractivity contribution is 6.30. The Bertz CT molecular complexity index is 509. The molecular weight excluding hydrogens is 290 g/mol. The molecule has 5 heteroatoms. The summed E-state index contributed by atoms with van der Waals surface area (Å²) in [4.78, 5) is 2.30. The predicted molar refractivity (Wildman–Crippen MR) is 82.2 cm³/mol. The summed E-state index contributed by atoms with van der Waals surface area (Å²) in [6, 6.07) is 3.85. The third-order valence-electron chi connectivity index (χ3n) is 4.31. The zero-order valence-corrected chi connectivity index (χ0v) is 13.1. The molecule has 2 aliphatic rings. The zero-order valence-electron chi connectivity index (χ0n) is 12.3. The van der Waals surface area contributed by atoms with Crippen LogP contribution in [0.4, 0.5) is 0 Å². The zero-order chi connectivity index (χ0) is 14.8. The Kier molecular flexibility index (Phi) is 4.69. The largest absolute Gasteiger partial charge is 0.493 e. The van der Waals surface area contributed by atoms with Crippen molar-refractivity contribution >= 4 is 11.6 Å². The van der Waals surface area contributed by atoms with Crippen LogP contribution in [0.3, 0.4) is 0 Å². The number of likely N-dealkylation sites (N-methyl/N-ethyl adjacent to an activating group) is 1. The van der Waals surface area contributed by atoms with E-state index >= 15 is 0 Å². The van der Waals surface area contributed by atoms with Gasteiger partial charge in [0.15, 0.2) is 0 Å². The van der Waals surface area contributed by atoms with Crippen molar-refractivity contribution in [2.24, 2.45) is 0 Å². The molecule has 1 fully saturated rings. The standard InChI is InChI=1S/C16H22ClNO3/c1-2-18-4-6-20-15(10-18)14(19)9-12-8-13(17)7-11-3-5-21-16(11)12/h7-8,14-15,19H,2-6,9-10H2,1H3. The van der Waals surface area contributed by atoms with Crippen molar-refractivity contribution in [2.75, 3.05) is 32.8 Å². The molecule has 1 N–H and O–H groups in total. The average Bonchev–Trinajstić information content (AvgIpc) is 2.95. The maximum atomic E-state index is 10.5. The first-order valence-electron chi connectivity index (χ1n) is 7.63. The summed E-state index contributed by atoms with van der Waals surface area (Å²) in [5, 5.41) is 11.2. The lowest BCUT2D eigenvalue weighted by molar-refractivity contribution is -0.0868. The Morgan fingerprint density at radius 1 is 1.43 bits per heavy atom. The van der Waals surface area contributed by atoms with E-state index in [0.29, 0.717) is 24.7 Å². The van der Waals surface area contributed by atoms with E-state index in [2.05, 4.69) is 11.8 Å². The highest BCUT2D eigenvalue weighted by atomic mass is 35.5. The molecule has 0 aliphatic carbocycles. The van der Waals surface area contributed by atoms with Gasteiger partial charge < -0.3 is 14.6 Å². The van der Waals surface area contributed by atoms with Gasteiger partial charge in [0.05, 0.1) is 25.4 Å². The molecule has 116 valence electrons. The van der Waals surface area contributed by atoms with Crippen LogP contribution in [0.1, 0.15) is 18.1 Å². The second-order valence-corrected chi connectivity index (χ2v) is 6.16. The van der Waals surface area contributed by atoms with Crippen LogP contribution in [-0.4, -0.2) is 55.1 Å². The van der Waals surface area contributed by atoms with Crippen molar-refractivity contribution < 1.29 is 14.6 Å². The molecule has 0 saturated carbocycles. The van der Waals surface area contributed by atoms with E-state index in [-0.39, 0.29) is 6.10 Å². The molecule has 0 radical (unpaired) electrons. The van der Waals surface area contributed by atoms with Crippen molar-refractivity contribution in [1.29, 1.82) is 0 Å². The number of morpholine rings is 1. The first-order chi connectivity index (χ1) is 10.2. The van der Waals surface area contributed by atoms with Gasteiger partial charge in [-0.15, -0.1) is 0 Å². The minimum absolute atomic E-state index is 0.144. The fraction of sp³-hybridized carbons (Fsp3) is 0.625. The number of fused-ring (bicyclic) bond motifs is 1. The molecule has 4 nitrogen and oxygen atoms in total. The number of halogens is 1. The summed E-state index contributed by atoms with van der Waals surface area (Å²) in [7, 11) is 0. The van der Waals surface area contributed by atoms with E-state index in [9.17, 15) is 5.11 Å². The quantitative estimate of drug-likeness (QED) is 0.922. The van der Waals surface area contributed by atoms with Crippen LogP contribution in [0.25, 0.3) is 0 Å². The molecule has 2 aliphatic heterocycles. The molecule has 0 amide bonds. The van der Waals surface area contributed by atoms with E-state index in [1.54, 1.807) is 0 Å². The Morgan fingerprint density at radius 2 is 2.29 bits per heavy atom. The van der Waals surface area contributed by atoms with Crippen molar-refractivity contribution in [1.82, 2.24) is 4.90 Å². The van der Waals surface area contributed by atoms with Crippen LogP contribution < -0.4 is 4.74 Å². The Morgan fingerprint density at radius 3 is 3.10 bits per heavy atom. The fourth-order valence-electron chi connectivity index (χ4n) is 3.11. The lowest BCUT2D eigenvalue weighted by Crippen LogP contribution is -2.48. The molecule has 2 atom stereocenters. The molecule has 0 spiro atoms. The van der Waals surface area contributed by atoms with Crippen LogP contribution in [0, 0.1) is 0 Å². The van der Waals surface area contributed by atoms with E-state index in [1.165, 1.54) is 0 Å². The normalized spacial score (nSPS) is 23.7. The highest BCUT2D eigenvalue weighted by Crippen LogP contribution is 2.34. The fourth-order valence-corrected chi connectivity index (χ4v) is 3.37.